The summed E-state index contributed by atoms with van der Waals surface area (Å²) in [5.74, 6) is 0. The summed E-state index contributed by atoms with van der Waals surface area (Å²) < 4.78 is 0. The molecule has 0 saturated heterocycles. The van der Waals surface area contributed by atoms with E-state index in [-0.39, 0.29) is 0 Å². The van der Waals surface area contributed by atoms with Crippen molar-refractivity contribution >= 4 is 29.0 Å². The fraction of sp³-hybridized carbons (Fsp3) is 0.0882. The van der Waals surface area contributed by atoms with E-state index >= 15 is 0 Å². The SMILES string of the molecule is CC(C)N[c-]1c(-c2ccccc2)c(-c2ccccc2)c(-c2ccccc2)c1-c1ccccc1.[CH-]=O.[CH-]=O.[Cl][Ru+3]. The molecule has 0 saturated carbocycles. The standard InChI is InChI=1S/C32H28N.2CHO.ClH.Ru/c1-23(2)33-32-30(26-19-11-5-12-20-26)28(24-15-7-3-8-16-24)29(25-17-9-4-10-18-25)31(32)27-21-13-6-14-22-27;2*1-2;;/h3-23,33H,1-2H3;2*1H;1H;/q3*-1;;+4/p-1. The molecule has 3 nitrogen and oxygen atoms in total. The molecule has 5 aromatic carbocycles. The summed E-state index contributed by atoms with van der Waals surface area (Å²) in [4.78, 5) is 15.5. The quantitative estimate of drug-likeness (QED) is 0.117. The Balaban J connectivity index is 0.000000833. The maximum absolute atomic E-state index is 7.75. The molecular formula is C34H30ClNO2Ru. The number of rotatable bonds is 6. The van der Waals surface area contributed by atoms with E-state index in [0.29, 0.717) is 6.04 Å². The minimum absolute atomic E-state index is 0.296. The molecule has 1 N–H and O–H groups in total. The second-order valence-electron chi connectivity index (χ2n) is 8.64. The van der Waals surface area contributed by atoms with Crippen molar-refractivity contribution in [2.24, 2.45) is 0 Å². The van der Waals surface area contributed by atoms with Crippen LogP contribution < -0.4 is 5.32 Å². The van der Waals surface area contributed by atoms with Crippen molar-refractivity contribution in [2.75, 3.05) is 5.32 Å². The molecule has 0 aliphatic rings. The van der Waals surface area contributed by atoms with Crippen LogP contribution >= 0.6 is 9.69 Å². The van der Waals surface area contributed by atoms with Gasteiger partial charge in [0.25, 0.3) is 0 Å². The molecule has 5 aromatic rings. The molecule has 0 unspecified atom stereocenters. The van der Waals surface area contributed by atoms with E-state index < -0.39 is 0 Å². The van der Waals surface area contributed by atoms with E-state index in [4.69, 9.17) is 9.59 Å². The first-order chi connectivity index (χ1) is 19.2. The van der Waals surface area contributed by atoms with Crippen molar-refractivity contribution in [3.05, 3.63) is 121 Å². The van der Waals surface area contributed by atoms with Crippen molar-refractivity contribution in [2.45, 2.75) is 19.9 Å². The fourth-order valence-electron chi connectivity index (χ4n) is 4.63. The molecule has 0 fully saturated rings. The summed E-state index contributed by atoms with van der Waals surface area (Å²) in [5.41, 5.74) is 11.2. The normalized spacial score (nSPS) is 9.64. The van der Waals surface area contributed by atoms with E-state index in [1.165, 1.54) is 50.2 Å². The summed E-state index contributed by atoms with van der Waals surface area (Å²) >= 11 is 1.82. The van der Waals surface area contributed by atoms with Crippen LogP contribution in [0.2, 0.25) is 0 Å². The van der Waals surface area contributed by atoms with Crippen LogP contribution in [0.25, 0.3) is 44.5 Å². The molecule has 0 amide bonds. The van der Waals surface area contributed by atoms with Crippen LogP contribution in [0.3, 0.4) is 0 Å². The molecule has 0 bridgehead atoms. The van der Waals surface area contributed by atoms with Crippen LogP contribution in [0.5, 0.6) is 0 Å². The van der Waals surface area contributed by atoms with Gasteiger partial charge in [0.1, 0.15) is 0 Å². The van der Waals surface area contributed by atoms with Crippen LogP contribution in [-0.4, -0.2) is 19.6 Å². The Morgan fingerprint density at radius 1 is 0.538 bits per heavy atom. The molecule has 5 heteroatoms. The van der Waals surface area contributed by atoms with Gasteiger partial charge in [0.2, 0.25) is 0 Å². The summed E-state index contributed by atoms with van der Waals surface area (Å²) in [7, 11) is 4.57. The number of benzene rings is 4. The average molecular weight is 621 g/mol. The third-order valence-electron chi connectivity index (χ3n) is 5.93. The molecule has 0 atom stereocenters. The van der Waals surface area contributed by atoms with Gasteiger partial charge in [0.15, 0.2) is 0 Å². The van der Waals surface area contributed by atoms with Crippen LogP contribution in [0.4, 0.5) is 5.69 Å². The number of halogens is 1. The van der Waals surface area contributed by atoms with E-state index in [2.05, 4.69) is 164 Å². The van der Waals surface area contributed by atoms with Gasteiger partial charge in [0, 0.05) is 6.04 Å². The third-order valence-corrected chi connectivity index (χ3v) is 5.93. The number of carbonyl (C=O) groups excluding carboxylic acids is 2. The molecule has 0 aliphatic heterocycles. The molecule has 0 heterocycles. The zero-order valence-corrected chi connectivity index (χ0v) is 24.3. The van der Waals surface area contributed by atoms with Gasteiger partial charge >= 0.3 is 27.0 Å². The zero-order valence-electron chi connectivity index (χ0n) is 21.8. The summed E-state index contributed by atoms with van der Waals surface area (Å²) in [5, 5.41) is 3.84. The van der Waals surface area contributed by atoms with Crippen LogP contribution in [-0.2, 0) is 26.9 Å². The van der Waals surface area contributed by atoms with Crippen molar-refractivity contribution in [1.82, 2.24) is 0 Å². The molecule has 5 rings (SSSR count). The Kier molecular flexibility index (Phi) is 13.7. The van der Waals surface area contributed by atoms with Gasteiger partial charge in [0.05, 0.1) is 0 Å². The second kappa shape index (κ2) is 17.0. The third kappa shape index (κ3) is 7.66. The van der Waals surface area contributed by atoms with Crippen molar-refractivity contribution in [3.8, 4) is 44.5 Å². The number of anilines is 1. The summed E-state index contributed by atoms with van der Waals surface area (Å²) in [6, 6.07) is 43.4. The molecule has 198 valence electrons. The van der Waals surface area contributed by atoms with Gasteiger partial charge in [-0.05, 0) is 19.5 Å². The fourth-order valence-corrected chi connectivity index (χ4v) is 4.63. The number of nitrogens with one attached hydrogen (secondary N) is 1. The zero-order chi connectivity index (χ0) is 28.6. The van der Waals surface area contributed by atoms with Gasteiger partial charge in [-0.15, -0.1) is 0 Å². The predicted molar refractivity (Wildman–Crippen MR) is 162 cm³/mol. The van der Waals surface area contributed by atoms with Gasteiger partial charge in [-0.3, -0.25) is 13.6 Å². The molecule has 39 heavy (non-hydrogen) atoms. The van der Waals surface area contributed by atoms with Gasteiger partial charge < -0.3 is 14.9 Å². The van der Waals surface area contributed by atoms with E-state index in [9.17, 15) is 0 Å². The Morgan fingerprint density at radius 3 is 1.05 bits per heavy atom. The Morgan fingerprint density at radius 2 is 0.795 bits per heavy atom. The number of hydrogen-bond acceptors (Lipinski definition) is 3. The maximum atomic E-state index is 7.75. The van der Waals surface area contributed by atoms with Crippen LogP contribution in [0.1, 0.15) is 13.8 Å². The minimum atomic E-state index is 0.296. The topological polar surface area (TPSA) is 46.2 Å². The molecule has 0 aliphatic carbocycles. The molecule has 0 radical (unpaired) electrons. The summed E-state index contributed by atoms with van der Waals surface area (Å²) in [6.45, 7) is 10.9. The van der Waals surface area contributed by atoms with E-state index in [0.717, 1.165) is 0 Å². The Labute approximate surface area is 246 Å². The van der Waals surface area contributed by atoms with Crippen molar-refractivity contribution < 1.29 is 26.9 Å². The Hall–Kier alpha value is -3.72. The summed E-state index contributed by atoms with van der Waals surface area (Å²) in [6.07, 6.45) is 0. The number of hydrogen-bond donors (Lipinski definition) is 1. The monoisotopic (exact) mass is 621 g/mol. The van der Waals surface area contributed by atoms with Crippen LogP contribution in [0, 0.1) is 0 Å². The van der Waals surface area contributed by atoms with Crippen LogP contribution in [0.15, 0.2) is 121 Å². The van der Waals surface area contributed by atoms with Crippen molar-refractivity contribution in [1.29, 1.82) is 0 Å². The molecular weight excluding hydrogens is 591 g/mol. The van der Waals surface area contributed by atoms with Gasteiger partial charge in [-0.25, -0.2) is 0 Å². The first-order valence-corrected chi connectivity index (χ1v) is 14.4. The molecule has 0 aromatic heterocycles. The van der Waals surface area contributed by atoms with Gasteiger partial charge in [-0.1, -0.05) is 166 Å². The second-order valence-corrected chi connectivity index (χ2v) is 8.64. The first kappa shape index (κ1) is 31.5. The average Bonchev–Trinajstić information content (AvgIpc) is 3.36. The Bertz CT molecular complexity index is 1270. The predicted octanol–water partition coefficient (Wildman–Crippen LogP) is 9.03. The van der Waals surface area contributed by atoms with E-state index in [1.807, 2.05) is 17.3 Å². The van der Waals surface area contributed by atoms with Crippen molar-refractivity contribution in [3.63, 3.8) is 0 Å². The van der Waals surface area contributed by atoms with Gasteiger partial charge in [-0.2, -0.15) is 0 Å². The van der Waals surface area contributed by atoms with E-state index in [1.54, 1.807) is 0 Å². The molecule has 0 spiro atoms. The first-order valence-electron chi connectivity index (χ1n) is 12.2.